The van der Waals surface area contributed by atoms with Gasteiger partial charge in [-0.3, -0.25) is 0 Å². The molecule has 0 aromatic heterocycles. The molecule has 6 N–H and O–H groups in total. The summed E-state index contributed by atoms with van der Waals surface area (Å²) < 4.78 is 23.1. The molecule has 1 aliphatic rings. The van der Waals surface area contributed by atoms with Crippen LogP contribution in [0.4, 0.5) is 11.4 Å². The minimum absolute atomic E-state index is 0.00776. The molecule has 0 spiro atoms. The highest BCUT2D eigenvalue weighted by Crippen LogP contribution is 2.42. The van der Waals surface area contributed by atoms with Crippen molar-refractivity contribution in [3.05, 3.63) is 18.2 Å². The molecule has 1 saturated carbocycles. The van der Waals surface area contributed by atoms with Gasteiger partial charge in [0.05, 0.1) is 11.8 Å². The van der Waals surface area contributed by atoms with E-state index in [9.17, 15) is 13.5 Å². The molecule has 1 aromatic carbocycles. The van der Waals surface area contributed by atoms with Crippen LogP contribution < -0.4 is 16.2 Å². The molecule has 7 heteroatoms. The summed E-state index contributed by atoms with van der Waals surface area (Å²) in [7, 11) is -3.84. The standard InChI is InChI=1S/C12H19N3O3S/c1-12(2)10(6-11(12)16)15-8-4-3-7(13)5-9(8)19(14,17)18/h3-5,10-11,15-16H,6,13H2,1-2H3,(H2,14,17,18). The SMILES string of the molecule is CC1(C)C(O)CC1Nc1ccc(N)cc1S(N)(=O)=O. The second kappa shape index (κ2) is 4.36. The van der Waals surface area contributed by atoms with Gasteiger partial charge < -0.3 is 16.2 Å². The van der Waals surface area contributed by atoms with Crippen LogP contribution in [-0.4, -0.2) is 25.7 Å². The van der Waals surface area contributed by atoms with Gasteiger partial charge in [0.2, 0.25) is 10.0 Å². The molecule has 2 atom stereocenters. The van der Waals surface area contributed by atoms with E-state index in [2.05, 4.69) is 5.32 Å². The molecule has 0 heterocycles. The zero-order valence-electron chi connectivity index (χ0n) is 10.9. The lowest BCUT2D eigenvalue weighted by Gasteiger charge is -2.50. The number of aliphatic hydroxyl groups is 1. The summed E-state index contributed by atoms with van der Waals surface area (Å²) in [5.74, 6) is 0. The predicted molar refractivity (Wildman–Crippen MR) is 74.0 cm³/mol. The smallest absolute Gasteiger partial charge is 0.240 e. The number of aliphatic hydroxyl groups excluding tert-OH is 1. The number of hydrogen-bond acceptors (Lipinski definition) is 5. The first-order valence-corrected chi connectivity index (χ1v) is 7.54. The van der Waals surface area contributed by atoms with E-state index in [1.54, 1.807) is 12.1 Å². The molecule has 2 rings (SSSR count). The lowest BCUT2D eigenvalue weighted by atomic mass is 9.64. The molecule has 0 radical (unpaired) electrons. The molecule has 106 valence electrons. The van der Waals surface area contributed by atoms with Crippen molar-refractivity contribution in [1.82, 2.24) is 0 Å². The third kappa shape index (κ3) is 2.54. The Kier molecular flexibility index (Phi) is 3.24. The number of benzene rings is 1. The second-order valence-corrected chi connectivity index (χ2v) is 7.10. The van der Waals surface area contributed by atoms with E-state index in [1.807, 2.05) is 13.8 Å². The molecule has 2 unspecified atom stereocenters. The first-order chi connectivity index (χ1) is 8.62. The van der Waals surface area contributed by atoms with Crippen molar-refractivity contribution in [1.29, 1.82) is 0 Å². The third-order valence-corrected chi connectivity index (χ3v) is 4.81. The van der Waals surface area contributed by atoms with Crippen molar-refractivity contribution in [2.24, 2.45) is 10.6 Å². The highest BCUT2D eigenvalue weighted by molar-refractivity contribution is 7.89. The Morgan fingerprint density at radius 3 is 2.53 bits per heavy atom. The number of nitrogens with two attached hydrogens (primary N) is 2. The zero-order valence-corrected chi connectivity index (χ0v) is 11.7. The second-order valence-electron chi connectivity index (χ2n) is 5.57. The normalized spacial score (nSPS) is 25.7. The first-order valence-electron chi connectivity index (χ1n) is 5.99. The summed E-state index contributed by atoms with van der Waals surface area (Å²) in [6.07, 6.45) is 0.179. The molecule has 1 fully saturated rings. The Balaban J connectivity index is 2.32. The first kappa shape index (κ1) is 14.1. The molecule has 0 saturated heterocycles. The van der Waals surface area contributed by atoms with Gasteiger partial charge in [0.15, 0.2) is 0 Å². The number of nitrogen functional groups attached to an aromatic ring is 1. The van der Waals surface area contributed by atoms with Crippen LogP contribution in [0.15, 0.2) is 23.1 Å². The number of sulfonamides is 1. The van der Waals surface area contributed by atoms with Crippen LogP contribution in [0.25, 0.3) is 0 Å². The molecular weight excluding hydrogens is 266 g/mol. The van der Waals surface area contributed by atoms with Gasteiger partial charge in [0.25, 0.3) is 0 Å². The Labute approximate surface area is 112 Å². The topological polar surface area (TPSA) is 118 Å². The lowest BCUT2D eigenvalue weighted by molar-refractivity contribution is -0.0511. The number of nitrogens with one attached hydrogen (secondary N) is 1. The van der Waals surface area contributed by atoms with E-state index in [1.165, 1.54) is 6.07 Å². The zero-order chi connectivity index (χ0) is 14.4. The fourth-order valence-electron chi connectivity index (χ4n) is 2.23. The number of hydrogen-bond donors (Lipinski definition) is 4. The van der Waals surface area contributed by atoms with Gasteiger partial charge in [0, 0.05) is 17.1 Å². The van der Waals surface area contributed by atoms with Crippen molar-refractivity contribution >= 4 is 21.4 Å². The predicted octanol–water partition coefficient (Wildman–Crippen LogP) is 0.488. The van der Waals surface area contributed by atoms with E-state index in [4.69, 9.17) is 10.9 Å². The molecule has 0 aliphatic heterocycles. The van der Waals surface area contributed by atoms with Gasteiger partial charge in [0.1, 0.15) is 4.90 Å². The summed E-state index contributed by atoms with van der Waals surface area (Å²) in [5, 5.41) is 18.0. The van der Waals surface area contributed by atoms with Crippen molar-refractivity contribution in [2.75, 3.05) is 11.1 Å². The van der Waals surface area contributed by atoms with E-state index in [-0.39, 0.29) is 16.4 Å². The maximum Gasteiger partial charge on any atom is 0.240 e. The number of rotatable bonds is 3. The Hall–Kier alpha value is -1.31. The molecule has 19 heavy (non-hydrogen) atoms. The molecule has 6 nitrogen and oxygen atoms in total. The summed E-state index contributed by atoms with van der Waals surface area (Å²) in [4.78, 5) is -0.0234. The molecule has 1 aliphatic carbocycles. The minimum atomic E-state index is -3.84. The summed E-state index contributed by atoms with van der Waals surface area (Å²) in [5.41, 5.74) is 6.03. The van der Waals surface area contributed by atoms with Crippen LogP contribution in [0.5, 0.6) is 0 Å². The highest BCUT2D eigenvalue weighted by Gasteiger charge is 2.47. The fourth-order valence-corrected chi connectivity index (χ4v) is 2.96. The lowest BCUT2D eigenvalue weighted by Crippen LogP contribution is -2.57. The molecular formula is C12H19N3O3S. The summed E-state index contributed by atoms with van der Waals surface area (Å²) in [6, 6.07) is 4.53. The summed E-state index contributed by atoms with van der Waals surface area (Å²) in [6.45, 7) is 3.85. The van der Waals surface area contributed by atoms with Gasteiger partial charge >= 0.3 is 0 Å². The van der Waals surface area contributed by atoms with Gasteiger partial charge in [-0.1, -0.05) is 13.8 Å². The van der Waals surface area contributed by atoms with Crippen LogP contribution in [-0.2, 0) is 10.0 Å². The van der Waals surface area contributed by atoms with Crippen LogP contribution in [0, 0.1) is 5.41 Å². The Morgan fingerprint density at radius 1 is 1.42 bits per heavy atom. The largest absolute Gasteiger partial charge is 0.399 e. The average Bonchev–Trinajstić information content (AvgIpc) is 2.29. The maximum absolute atomic E-state index is 11.6. The summed E-state index contributed by atoms with van der Waals surface area (Å²) >= 11 is 0. The van der Waals surface area contributed by atoms with Crippen molar-refractivity contribution < 1.29 is 13.5 Å². The van der Waals surface area contributed by atoms with Crippen LogP contribution in [0.1, 0.15) is 20.3 Å². The molecule has 0 bridgehead atoms. The fraction of sp³-hybridized carbons (Fsp3) is 0.500. The van der Waals surface area contributed by atoms with Crippen LogP contribution in [0.3, 0.4) is 0 Å². The van der Waals surface area contributed by atoms with E-state index < -0.39 is 16.1 Å². The van der Waals surface area contributed by atoms with Gasteiger partial charge in [-0.25, -0.2) is 13.6 Å². The van der Waals surface area contributed by atoms with E-state index in [0.29, 0.717) is 17.8 Å². The van der Waals surface area contributed by atoms with Gasteiger partial charge in [-0.2, -0.15) is 0 Å². The maximum atomic E-state index is 11.6. The monoisotopic (exact) mass is 285 g/mol. The minimum Gasteiger partial charge on any atom is -0.399 e. The highest BCUT2D eigenvalue weighted by atomic mass is 32.2. The number of primary sulfonamides is 1. The molecule has 1 aromatic rings. The quantitative estimate of drug-likeness (QED) is 0.603. The Bertz CT molecular complexity index is 598. The van der Waals surface area contributed by atoms with Crippen molar-refractivity contribution in [2.45, 2.75) is 37.3 Å². The average molecular weight is 285 g/mol. The van der Waals surface area contributed by atoms with Crippen LogP contribution in [0.2, 0.25) is 0 Å². The molecule has 0 amide bonds. The van der Waals surface area contributed by atoms with Crippen molar-refractivity contribution in [3.8, 4) is 0 Å². The van der Waals surface area contributed by atoms with E-state index in [0.717, 1.165) is 0 Å². The third-order valence-electron chi connectivity index (χ3n) is 3.86. The van der Waals surface area contributed by atoms with Crippen molar-refractivity contribution in [3.63, 3.8) is 0 Å². The van der Waals surface area contributed by atoms with E-state index >= 15 is 0 Å². The Morgan fingerprint density at radius 2 is 2.05 bits per heavy atom. The number of anilines is 2. The van der Waals surface area contributed by atoms with Gasteiger partial charge in [-0.15, -0.1) is 0 Å². The van der Waals surface area contributed by atoms with Gasteiger partial charge in [-0.05, 0) is 24.6 Å². The van der Waals surface area contributed by atoms with Crippen LogP contribution >= 0.6 is 0 Å².